The van der Waals surface area contributed by atoms with E-state index in [-0.39, 0.29) is 6.04 Å². The third-order valence-corrected chi connectivity index (χ3v) is 3.63. The van der Waals surface area contributed by atoms with Gasteiger partial charge in [0.15, 0.2) is 6.10 Å². The number of aryl methyl sites for hydroxylation is 2. The van der Waals surface area contributed by atoms with E-state index in [0.29, 0.717) is 12.2 Å². The molecule has 2 unspecified atom stereocenters. The molecule has 0 heterocycles. The van der Waals surface area contributed by atoms with Crippen LogP contribution in [0.25, 0.3) is 0 Å². The number of carbonyl (C=O) groups is 1. The van der Waals surface area contributed by atoms with Crippen LogP contribution in [-0.4, -0.2) is 23.2 Å². The third kappa shape index (κ3) is 5.05. The van der Waals surface area contributed by atoms with Crippen LogP contribution in [0.4, 0.5) is 0 Å². The first kappa shape index (κ1) is 17.5. The molecule has 0 bridgehead atoms. The van der Waals surface area contributed by atoms with Crippen molar-refractivity contribution in [2.75, 3.05) is 0 Å². The van der Waals surface area contributed by atoms with Crippen LogP contribution in [0.3, 0.4) is 0 Å². The average molecular weight is 293 g/mol. The maximum absolute atomic E-state index is 11.2. The first-order chi connectivity index (χ1) is 9.88. The molecule has 1 aromatic rings. The molecule has 21 heavy (non-hydrogen) atoms. The normalized spacial score (nSPS) is 13.8. The zero-order valence-corrected chi connectivity index (χ0v) is 13.5. The van der Waals surface area contributed by atoms with Gasteiger partial charge in [-0.2, -0.15) is 0 Å². The Morgan fingerprint density at radius 3 is 2.29 bits per heavy atom. The SMILES string of the molecule is CCCC(Oc1c(C)cc(CC(N)CC)cc1C)C(=O)O. The molecule has 0 aliphatic carbocycles. The molecule has 118 valence electrons. The standard InChI is InChI=1S/C17H27NO3/c1-5-7-15(17(19)20)21-16-11(3)8-13(9-12(16)4)10-14(18)6-2/h8-9,14-15H,5-7,10,18H2,1-4H3,(H,19,20). The van der Waals surface area contributed by atoms with Gasteiger partial charge in [-0.3, -0.25) is 0 Å². The Morgan fingerprint density at radius 1 is 1.29 bits per heavy atom. The lowest BCUT2D eigenvalue weighted by atomic mass is 9.99. The second kappa shape index (κ2) is 8.03. The molecular weight excluding hydrogens is 266 g/mol. The Kier molecular flexibility index (Phi) is 6.69. The smallest absolute Gasteiger partial charge is 0.344 e. The Labute approximate surface area is 127 Å². The fourth-order valence-electron chi connectivity index (χ4n) is 2.43. The Bertz CT molecular complexity index is 462. The second-order valence-electron chi connectivity index (χ2n) is 5.66. The van der Waals surface area contributed by atoms with Crippen LogP contribution < -0.4 is 10.5 Å². The van der Waals surface area contributed by atoms with Crippen LogP contribution >= 0.6 is 0 Å². The topological polar surface area (TPSA) is 72.5 Å². The highest BCUT2D eigenvalue weighted by molar-refractivity contribution is 5.72. The lowest BCUT2D eigenvalue weighted by Crippen LogP contribution is -2.27. The summed E-state index contributed by atoms with van der Waals surface area (Å²) in [6.45, 7) is 7.93. The van der Waals surface area contributed by atoms with Crippen molar-refractivity contribution in [3.8, 4) is 5.75 Å². The van der Waals surface area contributed by atoms with Crippen molar-refractivity contribution in [1.29, 1.82) is 0 Å². The number of aliphatic carboxylic acids is 1. The fourth-order valence-corrected chi connectivity index (χ4v) is 2.43. The summed E-state index contributed by atoms with van der Waals surface area (Å²) in [5.74, 6) is -0.225. The number of carboxylic acids is 1. The van der Waals surface area contributed by atoms with Crippen molar-refractivity contribution in [2.24, 2.45) is 5.73 Å². The number of carboxylic acid groups (broad SMARTS) is 1. The molecule has 0 radical (unpaired) electrons. The lowest BCUT2D eigenvalue weighted by molar-refractivity contribution is -0.145. The highest BCUT2D eigenvalue weighted by Crippen LogP contribution is 2.27. The second-order valence-corrected chi connectivity index (χ2v) is 5.66. The fraction of sp³-hybridized carbons (Fsp3) is 0.588. The van der Waals surface area contributed by atoms with Crippen LogP contribution in [-0.2, 0) is 11.2 Å². The van der Waals surface area contributed by atoms with Crippen molar-refractivity contribution in [1.82, 2.24) is 0 Å². The van der Waals surface area contributed by atoms with Gasteiger partial charge in [-0.15, -0.1) is 0 Å². The molecule has 0 saturated heterocycles. The monoisotopic (exact) mass is 293 g/mol. The molecule has 3 N–H and O–H groups in total. The van der Waals surface area contributed by atoms with Crippen LogP contribution in [0, 0.1) is 13.8 Å². The van der Waals surface area contributed by atoms with Gasteiger partial charge in [0.2, 0.25) is 0 Å². The van der Waals surface area contributed by atoms with E-state index in [0.717, 1.165) is 30.4 Å². The van der Waals surface area contributed by atoms with E-state index in [2.05, 4.69) is 6.92 Å². The van der Waals surface area contributed by atoms with E-state index in [1.54, 1.807) is 0 Å². The van der Waals surface area contributed by atoms with Crippen molar-refractivity contribution in [3.63, 3.8) is 0 Å². The van der Waals surface area contributed by atoms with E-state index < -0.39 is 12.1 Å². The summed E-state index contributed by atoms with van der Waals surface area (Å²) in [5.41, 5.74) is 9.11. The summed E-state index contributed by atoms with van der Waals surface area (Å²) in [6.07, 6.45) is 2.27. The van der Waals surface area contributed by atoms with E-state index in [9.17, 15) is 9.90 Å². The maximum Gasteiger partial charge on any atom is 0.344 e. The molecule has 1 aromatic carbocycles. The average Bonchev–Trinajstić information content (AvgIpc) is 2.41. The summed E-state index contributed by atoms with van der Waals surface area (Å²) in [4.78, 5) is 11.2. The van der Waals surface area contributed by atoms with Gasteiger partial charge in [0.25, 0.3) is 0 Å². The van der Waals surface area contributed by atoms with Gasteiger partial charge in [0, 0.05) is 6.04 Å². The Hall–Kier alpha value is -1.55. The molecule has 0 saturated carbocycles. The van der Waals surface area contributed by atoms with Crippen molar-refractivity contribution in [2.45, 2.75) is 65.5 Å². The molecule has 0 amide bonds. The summed E-state index contributed by atoms with van der Waals surface area (Å²) < 4.78 is 5.73. The van der Waals surface area contributed by atoms with Gasteiger partial charge in [-0.25, -0.2) is 4.79 Å². The highest BCUT2D eigenvalue weighted by Gasteiger charge is 2.20. The van der Waals surface area contributed by atoms with Gasteiger partial charge >= 0.3 is 5.97 Å². The third-order valence-electron chi connectivity index (χ3n) is 3.63. The van der Waals surface area contributed by atoms with Crippen molar-refractivity contribution < 1.29 is 14.6 Å². The minimum atomic E-state index is -0.910. The summed E-state index contributed by atoms with van der Waals surface area (Å²) >= 11 is 0. The van der Waals surface area contributed by atoms with Gasteiger partial charge in [0.05, 0.1) is 0 Å². The predicted octanol–water partition coefficient (Wildman–Crippen LogP) is 3.22. The van der Waals surface area contributed by atoms with Gasteiger partial charge in [0.1, 0.15) is 5.75 Å². The molecule has 0 spiro atoms. The summed E-state index contributed by atoms with van der Waals surface area (Å²) in [5, 5.41) is 9.21. The number of rotatable bonds is 8. The first-order valence-electron chi connectivity index (χ1n) is 7.64. The number of hydrogen-bond acceptors (Lipinski definition) is 3. The van der Waals surface area contributed by atoms with Crippen molar-refractivity contribution >= 4 is 5.97 Å². The van der Waals surface area contributed by atoms with Crippen LogP contribution in [0.15, 0.2) is 12.1 Å². The summed E-state index contributed by atoms with van der Waals surface area (Å²) in [6, 6.07) is 4.24. The Balaban J connectivity index is 2.96. The largest absolute Gasteiger partial charge is 0.479 e. The predicted molar refractivity (Wildman–Crippen MR) is 84.8 cm³/mol. The van der Waals surface area contributed by atoms with Crippen molar-refractivity contribution in [3.05, 3.63) is 28.8 Å². The first-order valence-corrected chi connectivity index (χ1v) is 7.64. The molecular formula is C17H27NO3. The van der Waals surface area contributed by atoms with Gasteiger partial charge in [-0.1, -0.05) is 32.4 Å². The Morgan fingerprint density at radius 2 is 1.86 bits per heavy atom. The highest BCUT2D eigenvalue weighted by atomic mass is 16.5. The quantitative estimate of drug-likeness (QED) is 0.772. The van der Waals surface area contributed by atoms with Crippen LogP contribution in [0.5, 0.6) is 5.75 Å². The minimum Gasteiger partial charge on any atom is -0.479 e. The number of hydrogen-bond donors (Lipinski definition) is 2. The number of nitrogens with two attached hydrogens (primary N) is 1. The number of ether oxygens (including phenoxy) is 1. The van der Waals surface area contributed by atoms with E-state index in [4.69, 9.17) is 10.5 Å². The molecule has 2 atom stereocenters. The molecule has 0 aromatic heterocycles. The molecule has 0 fully saturated rings. The summed E-state index contributed by atoms with van der Waals surface area (Å²) in [7, 11) is 0. The lowest BCUT2D eigenvalue weighted by Gasteiger charge is -2.19. The zero-order chi connectivity index (χ0) is 16.0. The molecule has 4 nitrogen and oxygen atoms in total. The minimum absolute atomic E-state index is 0.155. The van der Waals surface area contributed by atoms with E-state index >= 15 is 0 Å². The van der Waals surface area contributed by atoms with Gasteiger partial charge < -0.3 is 15.6 Å². The van der Waals surface area contributed by atoms with E-state index in [1.807, 2.05) is 32.9 Å². The zero-order valence-electron chi connectivity index (χ0n) is 13.5. The van der Waals surface area contributed by atoms with Gasteiger partial charge in [-0.05, 0) is 49.8 Å². The molecule has 0 aliphatic rings. The van der Waals surface area contributed by atoms with E-state index in [1.165, 1.54) is 5.56 Å². The van der Waals surface area contributed by atoms with Crippen LogP contribution in [0.1, 0.15) is 49.8 Å². The molecule has 0 aliphatic heterocycles. The maximum atomic E-state index is 11.2. The molecule has 4 heteroatoms. The van der Waals surface area contributed by atoms with Crippen LogP contribution in [0.2, 0.25) is 0 Å². The molecule has 1 rings (SSSR count). The number of benzene rings is 1.